The lowest BCUT2D eigenvalue weighted by Crippen LogP contribution is -2.15. The topological polar surface area (TPSA) is 88.8 Å². The minimum absolute atomic E-state index is 0.0261. The molecule has 1 heterocycles. The Morgan fingerprint density at radius 2 is 1.83 bits per heavy atom. The lowest BCUT2D eigenvalue weighted by Gasteiger charge is -2.08. The lowest BCUT2D eigenvalue weighted by molar-refractivity contribution is -0.137. The number of carbonyl (C=O) groups is 1. The van der Waals surface area contributed by atoms with Crippen molar-refractivity contribution in [2.75, 3.05) is 6.61 Å². The van der Waals surface area contributed by atoms with E-state index in [0.29, 0.717) is 16.9 Å². The Labute approximate surface area is 168 Å². The number of alkyl halides is 3. The number of ether oxygens (including phenoxy) is 1. The SMILES string of the molecule is CCOC(=O)c1ccc(N=Nc2c(C)[nH]n(-c3cccc(C(F)(F)F)c3)c2=O)cc1. The highest BCUT2D eigenvalue weighted by Crippen LogP contribution is 2.30. The van der Waals surface area contributed by atoms with E-state index in [1.807, 2.05) is 0 Å². The Hall–Kier alpha value is -3.69. The first-order chi connectivity index (χ1) is 14.2. The summed E-state index contributed by atoms with van der Waals surface area (Å²) in [5.41, 5.74) is -0.457. The number of aromatic amines is 1. The molecule has 0 aliphatic carbocycles. The molecule has 0 atom stereocenters. The van der Waals surface area contributed by atoms with Crippen molar-refractivity contribution in [2.24, 2.45) is 10.2 Å². The van der Waals surface area contributed by atoms with Crippen molar-refractivity contribution in [3.63, 3.8) is 0 Å². The molecule has 0 amide bonds. The van der Waals surface area contributed by atoms with Crippen LogP contribution in [0.4, 0.5) is 24.5 Å². The van der Waals surface area contributed by atoms with Crippen LogP contribution in [-0.4, -0.2) is 22.4 Å². The molecule has 0 saturated carbocycles. The van der Waals surface area contributed by atoms with Gasteiger partial charge in [0.25, 0.3) is 5.56 Å². The van der Waals surface area contributed by atoms with E-state index in [2.05, 4.69) is 15.3 Å². The van der Waals surface area contributed by atoms with Crippen molar-refractivity contribution in [3.05, 3.63) is 75.7 Å². The van der Waals surface area contributed by atoms with Crippen molar-refractivity contribution >= 4 is 17.3 Å². The Morgan fingerprint density at radius 1 is 1.13 bits per heavy atom. The van der Waals surface area contributed by atoms with Crippen LogP contribution in [0.1, 0.15) is 28.5 Å². The minimum Gasteiger partial charge on any atom is -0.462 e. The van der Waals surface area contributed by atoms with Crippen LogP contribution >= 0.6 is 0 Å². The van der Waals surface area contributed by atoms with Gasteiger partial charge >= 0.3 is 12.1 Å². The molecule has 3 aromatic rings. The molecule has 30 heavy (non-hydrogen) atoms. The minimum atomic E-state index is -4.53. The van der Waals surface area contributed by atoms with E-state index in [1.54, 1.807) is 13.8 Å². The Bertz CT molecular complexity index is 1150. The lowest BCUT2D eigenvalue weighted by atomic mass is 10.2. The average Bonchev–Trinajstić information content (AvgIpc) is 3.00. The van der Waals surface area contributed by atoms with Crippen molar-refractivity contribution < 1.29 is 22.7 Å². The zero-order valence-electron chi connectivity index (χ0n) is 16.0. The average molecular weight is 418 g/mol. The Morgan fingerprint density at radius 3 is 2.47 bits per heavy atom. The van der Waals surface area contributed by atoms with Gasteiger partial charge in [-0.1, -0.05) is 6.07 Å². The van der Waals surface area contributed by atoms with Crippen molar-refractivity contribution in [1.82, 2.24) is 9.78 Å². The van der Waals surface area contributed by atoms with Crippen molar-refractivity contribution in [2.45, 2.75) is 20.0 Å². The number of azo groups is 1. The number of rotatable bonds is 5. The first kappa shape index (κ1) is 21.0. The normalized spacial score (nSPS) is 11.8. The fourth-order valence-corrected chi connectivity index (χ4v) is 2.64. The molecule has 3 rings (SSSR count). The van der Waals surface area contributed by atoms with E-state index >= 15 is 0 Å². The Kier molecular flexibility index (Phi) is 5.86. The molecule has 1 aromatic heterocycles. The molecule has 0 bridgehead atoms. The fourth-order valence-electron chi connectivity index (χ4n) is 2.64. The largest absolute Gasteiger partial charge is 0.462 e. The summed E-state index contributed by atoms with van der Waals surface area (Å²) in [5, 5.41) is 10.6. The molecule has 0 spiro atoms. The highest BCUT2D eigenvalue weighted by molar-refractivity contribution is 5.89. The van der Waals surface area contributed by atoms with Crippen LogP contribution in [0, 0.1) is 6.92 Å². The van der Waals surface area contributed by atoms with Crippen LogP contribution in [-0.2, 0) is 10.9 Å². The van der Waals surface area contributed by atoms with Gasteiger partial charge in [0.15, 0.2) is 5.69 Å². The third-order valence-electron chi connectivity index (χ3n) is 4.12. The number of benzene rings is 2. The van der Waals surface area contributed by atoms with Gasteiger partial charge in [-0.25, -0.2) is 9.48 Å². The quantitative estimate of drug-likeness (QED) is 0.463. The molecule has 0 aliphatic rings. The van der Waals surface area contributed by atoms with Crippen LogP contribution in [0.3, 0.4) is 0 Å². The number of hydrogen-bond acceptors (Lipinski definition) is 5. The molecule has 0 unspecified atom stereocenters. The second kappa shape index (κ2) is 8.36. The van der Waals surface area contributed by atoms with E-state index < -0.39 is 23.3 Å². The van der Waals surface area contributed by atoms with Gasteiger partial charge in [-0.15, -0.1) is 5.11 Å². The fraction of sp³-hybridized carbons (Fsp3) is 0.200. The van der Waals surface area contributed by atoms with Gasteiger partial charge < -0.3 is 4.74 Å². The number of nitrogens with one attached hydrogen (secondary N) is 1. The van der Waals surface area contributed by atoms with E-state index in [4.69, 9.17) is 4.74 Å². The predicted octanol–water partition coefficient (Wildman–Crippen LogP) is 5.08. The van der Waals surface area contributed by atoms with Gasteiger partial charge in [-0.3, -0.25) is 9.89 Å². The third kappa shape index (κ3) is 4.48. The number of esters is 1. The van der Waals surface area contributed by atoms with E-state index in [9.17, 15) is 22.8 Å². The van der Waals surface area contributed by atoms with Gasteiger partial charge in [0.2, 0.25) is 0 Å². The maximum atomic E-state index is 12.9. The highest BCUT2D eigenvalue weighted by Gasteiger charge is 2.30. The van der Waals surface area contributed by atoms with Crippen LogP contribution in [0.2, 0.25) is 0 Å². The number of carbonyl (C=O) groups excluding carboxylic acids is 1. The highest BCUT2D eigenvalue weighted by atomic mass is 19.4. The zero-order valence-corrected chi connectivity index (χ0v) is 16.0. The summed E-state index contributed by atoms with van der Waals surface area (Å²) < 4.78 is 44.7. The zero-order chi connectivity index (χ0) is 21.9. The first-order valence-electron chi connectivity index (χ1n) is 8.89. The van der Waals surface area contributed by atoms with Crippen LogP contribution in [0.25, 0.3) is 5.69 Å². The van der Waals surface area contributed by atoms with E-state index in [0.717, 1.165) is 16.8 Å². The number of hydrogen-bond donors (Lipinski definition) is 1. The Balaban J connectivity index is 1.88. The van der Waals surface area contributed by atoms with Gasteiger partial charge in [-0.2, -0.15) is 18.3 Å². The van der Waals surface area contributed by atoms with E-state index in [-0.39, 0.29) is 18.0 Å². The molecular weight excluding hydrogens is 401 g/mol. The molecule has 2 aromatic carbocycles. The molecule has 0 radical (unpaired) electrons. The van der Waals surface area contributed by atoms with Crippen LogP contribution < -0.4 is 5.56 Å². The van der Waals surface area contributed by atoms with E-state index in [1.165, 1.54) is 36.4 Å². The number of aromatic nitrogens is 2. The maximum absolute atomic E-state index is 12.9. The van der Waals surface area contributed by atoms with Gasteiger partial charge in [-0.05, 0) is 56.3 Å². The summed E-state index contributed by atoms with van der Waals surface area (Å²) in [4.78, 5) is 24.3. The predicted molar refractivity (Wildman–Crippen MR) is 103 cm³/mol. The van der Waals surface area contributed by atoms with Crippen molar-refractivity contribution in [1.29, 1.82) is 0 Å². The number of H-pyrrole nitrogens is 1. The smallest absolute Gasteiger partial charge is 0.416 e. The molecule has 0 fully saturated rings. The molecule has 7 nitrogen and oxygen atoms in total. The summed E-state index contributed by atoms with van der Waals surface area (Å²) in [6.45, 7) is 3.51. The molecule has 0 aliphatic heterocycles. The van der Waals surface area contributed by atoms with Gasteiger partial charge in [0.05, 0.1) is 34.8 Å². The third-order valence-corrected chi connectivity index (χ3v) is 4.12. The van der Waals surface area contributed by atoms with Gasteiger partial charge in [0, 0.05) is 0 Å². The summed E-state index contributed by atoms with van der Waals surface area (Å²) in [6, 6.07) is 10.5. The molecule has 156 valence electrons. The molecule has 1 N–H and O–H groups in total. The monoisotopic (exact) mass is 418 g/mol. The second-order valence-corrected chi connectivity index (χ2v) is 6.24. The van der Waals surface area contributed by atoms with Crippen molar-refractivity contribution in [3.8, 4) is 5.69 Å². The molecule has 0 saturated heterocycles. The van der Waals surface area contributed by atoms with Crippen LogP contribution in [0.5, 0.6) is 0 Å². The maximum Gasteiger partial charge on any atom is 0.416 e. The molecular formula is C20H17F3N4O3. The standard InChI is InChI=1S/C20H17F3N4O3/c1-3-30-19(29)13-7-9-15(10-8-13)24-25-17-12(2)26-27(18(17)28)16-6-4-5-14(11-16)20(21,22)23/h4-11,26H,3H2,1-2H3. The number of aryl methyl sites for hydroxylation is 1. The second-order valence-electron chi connectivity index (χ2n) is 6.24. The van der Waals surface area contributed by atoms with Gasteiger partial charge in [0.1, 0.15) is 0 Å². The number of nitrogens with zero attached hydrogens (tertiary/aromatic N) is 3. The first-order valence-corrected chi connectivity index (χ1v) is 8.89. The summed E-state index contributed by atoms with van der Waals surface area (Å²) in [5.74, 6) is -0.466. The summed E-state index contributed by atoms with van der Waals surface area (Å²) in [6.07, 6.45) is -4.53. The number of halogens is 3. The van der Waals surface area contributed by atoms with Crippen LogP contribution in [0.15, 0.2) is 63.6 Å². The molecule has 10 heteroatoms. The summed E-state index contributed by atoms with van der Waals surface area (Å²) >= 11 is 0. The summed E-state index contributed by atoms with van der Waals surface area (Å²) in [7, 11) is 0.